The Kier molecular flexibility index (Phi) is 10.3. The van der Waals surface area contributed by atoms with Crippen LogP contribution in [0.5, 0.6) is 23.0 Å². The number of fused-ring (bicyclic) bond motifs is 3. The molecule has 0 fully saturated rings. The summed E-state index contributed by atoms with van der Waals surface area (Å²) in [4.78, 5) is 68.6. The molecule has 0 bridgehead atoms. The fraction of sp³-hybridized carbons (Fsp3) is 0.0667. The first-order valence-corrected chi connectivity index (χ1v) is 17.6. The second-order valence-corrected chi connectivity index (χ2v) is 13.5. The van der Waals surface area contributed by atoms with Gasteiger partial charge in [-0.25, -0.2) is 28.8 Å². The average Bonchev–Trinajstić information content (AvgIpc) is 3.78. The van der Waals surface area contributed by atoms with E-state index in [-0.39, 0.29) is 27.7 Å². The molecule has 0 saturated carbocycles. The lowest BCUT2D eigenvalue weighted by Crippen LogP contribution is -2.18. The van der Waals surface area contributed by atoms with Gasteiger partial charge in [0.15, 0.2) is 0 Å². The van der Waals surface area contributed by atoms with Crippen molar-refractivity contribution in [3.05, 3.63) is 178 Å². The first-order chi connectivity index (χ1) is 27.8. The first-order valence-electron chi connectivity index (χ1n) is 17.6. The van der Waals surface area contributed by atoms with Crippen molar-refractivity contribution in [1.29, 1.82) is 0 Å². The molecule has 6 aromatic carbocycles. The van der Waals surface area contributed by atoms with Gasteiger partial charge in [0.2, 0.25) is 0 Å². The number of cyclic esters (lactones) is 6. The molecule has 3 heterocycles. The van der Waals surface area contributed by atoms with Crippen molar-refractivity contribution in [3.8, 4) is 23.0 Å². The van der Waals surface area contributed by atoms with Gasteiger partial charge in [0, 0.05) is 16.8 Å². The highest BCUT2D eigenvalue weighted by atomic mass is 16.6. The highest BCUT2D eigenvalue weighted by molar-refractivity contribution is 6.16. The number of nitrogens with two attached hydrogens (primary N) is 2. The van der Waals surface area contributed by atoms with E-state index in [0.717, 1.165) is 11.1 Å². The fourth-order valence-corrected chi connectivity index (χ4v) is 6.17. The molecule has 0 radical (unpaired) electrons. The summed E-state index contributed by atoms with van der Waals surface area (Å²) in [5.41, 5.74) is 15.5. The number of esters is 6. The van der Waals surface area contributed by atoms with E-state index >= 15 is 0 Å². The summed E-state index contributed by atoms with van der Waals surface area (Å²) in [6.45, 7) is 4.20. The van der Waals surface area contributed by atoms with Gasteiger partial charge in [-0.3, -0.25) is 0 Å². The van der Waals surface area contributed by atoms with Gasteiger partial charge in [0.1, 0.15) is 23.0 Å². The predicted octanol–water partition coefficient (Wildman–Crippen LogP) is 8.07. The monoisotopic (exact) mass is 776 g/mol. The lowest BCUT2D eigenvalue weighted by molar-refractivity contribution is 0.0425. The van der Waals surface area contributed by atoms with Crippen molar-refractivity contribution in [2.24, 2.45) is 0 Å². The number of ether oxygens (including phenoxy) is 5. The zero-order valence-corrected chi connectivity index (χ0v) is 30.8. The zero-order chi connectivity index (χ0) is 41.1. The Hall–Kier alpha value is -8.06. The number of hydrogen-bond donors (Lipinski definition) is 2. The average molecular weight is 777 g/mol. The molecule has 0 aliphatic carbocycles. The van der Waals surface area contributed by atoms with Crippen LogP contribution in [0, 0.1) is 0 Å². The lowest BCUT2D eigenvalue weighted by atomic mass is 9.78. The molecule has 3 aliphatic heterocycles. The molecule has 288 valence electrons. The molecule has 13 heteroatoms. The summed E-state index contributed by atoms with van der Waals surface area (Å²) in [5, 5.41) is 0. The van der Waals surface area contributed by atoms with Crippen LogP contribution in [-0.4, -0.2) is 35.8 Å². The SMILES string of the molecule is CC(C)(c1ccc(Oc2ccc3c(c2)C(=O)OC3=O)cc1)c1ccc(Oc2ccc3c(c2)C(=O)OC3=O)cc1.Nc1cccc(N)c1.O=C1OC(=O)c2ccccc21. The molecular weight excluding hydrogens is 744 g/mol. The summed E-state index contributed by atoms with van der Waals surface area (Å²) < 4.78 is 25.4. The summed E-state index contributed by atoms with van der Waals surface area (Å²) >= 11 is 0. The summed E-state index contributed by atoms with van der Waals surface area (Å²) in [6, 6.07) is 38.2. The molecule has 58 heavy (non-hydrogen) atoms. The number of hydrogen-bond acceptors (Lipinski definition) is 13. The summed E-state index contributed by atoms with van der Waals surface area (Å²) in [7, 11) is 0. The van der Waals surface area contributed by atoms with Gasteiger partial charge in [0.05, 0.1) is 33.4 Å². The van der Waals surface area contributed by atoms with Crippen LogP contribution < -0.4 is 20.9 Å². The minimum Gasteiger partial charge on any atom is -0.457 e. The van der Waals surface area contributed by atoms with Crippen molar-refractivity contribution < 1.29 is 52.5 Å². The molecule has 3 aliphatic rings. The number of carbonyl (C=O) groups excluding carboxylic acids is 6. The van der Waals surface area contributed by atoms with Gasteiger partial charge in [-0.15, -0.1) is 0 Å². The maximum atomic E-state index is 11.8. The zero-order valence-electron chi connectivity index (χ0n) is 30.8. The Bertz CT molecular complexity index is 2470. The highest BCUT2D eigenvalue weighted by Gasteiger charge is 2.32. The van der Waals surface area contributed by atoms with Crippen LogP contribution in [0.25, 0.3) is 0 Å². The van der Waals surface area contributed by atoms with Gasteiger partial charge in [-0.05, 0) is 102 Å². The first kappa shape index (κ1) is 38.2. The van der Waals surface area contributed by atoms with Crippen molar-refractivity contribution in [2.45, 2.75) is 19.3 Å². The molecule has 4 N–H and O–H groups in total. The van der Waals surface area contributed by atoms with Crippen molar-refractivity contribution in [2.75, 3.05) is 11.5 Å². The maximum absolute atomic E-state index is 11.8. The smallest absolute Gasteiger partial charge is 0.347 e. The number of carbonyl (C=O) groups is 6. The van der Waals surface area contributed by atoms with Crippen LogP contribution in [-0.2, 0) is 19.6 Å². The molecule has 13 nitrogen and oxygen atoms in total. The molecule has 6 aromatic rings. The number of rotatable bonds is 6. The number of anilines is 2. The Morgan fingerprint density at radius 1 is 0.379 bits per heavy atom. The Balaban J connectivity index is 0.000000218. The third kappa shape index (κ3) is 8.00. The lowest BCUT2D eigenvalue weighted by Gasteiger charge is -2.26. The Morgan fingerprint density at radius 3 is 1.05 bits per heavy atom. The third-order valence-electron chi connectivity index (χ3n) is 9.32. The predicted molar refractivity (Wildman–Crippen MR) is 209 cm³/mol. The number of benzene rings is 6. The maximum Gasteiger partial charge on any atom is 0.347 e. The van der Waals surface area contributed by atoms with Gasteiger partial charge in [-0.2, -0.15) is 0 Å². The Labute approximate surface area is 330 Å². The van der Waals surface area contributed by atoms with E-state index in [1.54, 1.807) is 54.6 Å². The van der Waals surface area contributed by atoms with Gasteiger partial charge >= 0.3 is 35.8 Å². The highest BCUT2D eigenvalue weighted by Crippen LogP contribution is 2.36. The normalized spacial score (nSPS) is 13.4. The summed E-state index contributed by atoms with van der Waals surface area (Å²) in [6.07, 6.45) is 0. The molecule has 0 saturated heterocycles. The topological polar surface area (TPSA) is 201 Å². The van der Waals surface area contributed by atoms with Crippen molar-refractivity contribution in [3.63, 3.8) is 0 Å². The van der Waals surface area contributed by atoms with Gasteiger partial charge in [-0.1, -0.05) is 56.3 Å². The van der Waals surface area contributed by atoms with Crippen LogP contribution in [0.3, 0.4) is 0 Å². The van der Waals surface area contributed by atoms with Crippen LogP contribution in [0.2, 0.25) is 0 Å². The summed E-state index contributed by atoms with van der Waals surface area (Å²) in [5.74, 6) is -1.75. The molecule has 0 aromatic heterocycles. The number of nitrogen functional groups attached to an aromatic ring is 2. The van der Waals surface area contributed by atoms with E-state index in [4.69, 9.17) is 20.9 Å². The van der Waals surface area contributed by atoms with E-state index in [9.17, 15) is 28.8 Å². The molecular formula is C45H32N2O11. The second-order valence-electron chi connectivity index (χ2n) is 13.5. The molecule has 0 unspecified atom stereocenters. The Morgan fingerprint density at radius 2 is 0.707 bits per heavy atom. The standard InChI is InChI=1S/C31H20O8.C8H4O3.C6H8N2/c1-31(2,17-3-7-19(8-4-17)36-21-11-13-23-25(15-21)29(34)38-27(23)32)18-5-9-20(10-6-18)37-22-12-14-24-26(16-22)30(35)39-28(24)33;9-7-5-3-1-2-4-6(5)8(10)11-7;7-5-2-1-3-6(8)4-5/h3-16H,1-2H3;1-4H;1-4H,7-8H2. The van der Waals surface area contributed by atoms with E-state index in [0.29, 0.717) is 45.5 Å². The minimum atomic E-state index is -0.678. The molecule has 0 amide bonds. The minimum absolute atomic E-state index is 0.191. The van der Waals surface area contributed by atoms with Crippen LogP contribution in [0.4, 0.5) is 11.4 Å². The van der Waals surface area contributed by atoms with E-state index in [1.165, 1.54) is 24.3 Å². The van der Waals surface area contributed by atoms with Crippen molar-refractivity contribution >= 4 is 47.2 Å². The van der Waals surface area contributed by atoms with E-state index in [2.05, 4.69) is 28.1 Å². The fourth-order valence-electron chi connectivity index (χ4n) is 6.17. The third-order valence-corrected chi connectivity index (χ3v) is 9.32. The molecule has 9 rings (SSSR count). The molecule has 0 spiro atoms. The van der Waals surface area contributed by atoms with Gasteiger partial charge in [0.25, 0.3) is 0 Å². The van der Waals surface area contributed by atoms with Crippen LogP contribution in [0.1, 0.15) is 87.1 Å². The van der Waals surface area contributed by atoms with Crippen LogP contribution in [0.15, 0.2) is 133 Å². The second kappa shape index (κ2) is 15.6. The van der Waals surface area contributed by atoms with Crippen molar-refractivity contribution in [1.82, 2.24) is 0 Å². The molecule has 0 atom stereocenters. The quantitative estimate of drug-likeness (QED) is 0.0713. The van der Waals surface area contributed by atoms with E-state index in [1.807, 2.05) is 54.6 Å². The van der Waals surface area contributed by atoms with E-state index < -0.39 is 35.8 Å². The van der Waals surface area contributed by atoms with Crippen LogP contribution >= 0.6 is 0 Å². The largest absolute Gasteiger partial charge is 0.457 e. The van der Waals surface area contributed by atoms with Gasteiger partial charge < -0.3 is 35.2 Å².